The van der Waals surface area contributed by atoms with Crippen LogP contribution in [0.3, 0.4) is 0 Å². The van der Waals surface area contributed by atoms with Crippen LogP contribution in [0.4, 0.5) is 0 Å². The number of rotatable bonds is 1. The standard InChI is InChI=1S/C9H7IN2O3/c1-15-9(13)6-4-12(14)8-5(7(6)10)2-3-11-8/h2-4,14H,1H3. The Hall–Kier alpha value is -1.31. The first kappa shape index (κ1) is 10.2. The minimum absolute atomic E-state index is 0.320. The van der Waals surface area contributed by atoms with Gasteiger partial charge in [0.1, 0.15) is 0 Å². The molecular formula is C9H7IN2O3. The highest BCUT2D eigenvalue weighted by Crippen LogP contribution is 2.28. The summed E-state index contributed by atoms with van der Waals surface area (Å²) in [6, 6.07) is 1.73. The second-order valence-corrected chi connectivity index (χ2v) is 3.95. The number of ether oxygens (including phenoxy) is 1. The van der Waals surface area contributed by atoms with Gasteiger partial charge < -0.3 is 9.94 Å². The first-order valence-electron chi connectivity index (χ1n) is 4.08. The molecule has 1 N–H and O–H groups in total. The topological polar surface area (TPSA) is 64.3 Å². The van der Waals surface area contributed by atoms with E-state index in [0.29, 0.717) is 11.4 Å². The van der Waals surface area contributed by atoms with Crippen LogP contribution in [0.25, 0.3) is 11.4 Å². The average Bonchev–Trinajstić information content (AvgIpc) is 2.71. The molecule has 2 aliphatic heterocycles. The van der Waals surface area contributed by atoms with E-state index in [4.69, 9.17) is 0 Å². The van der Waals surface area contributed by atoms with Crippen LogP contribution in [0.15, 0.2) is 18.5 Å². The number of aromatic nitrogens is 2. The second-order valence-electron chi connectivity index (χ2n) is 2.88. The molecule has 6 heteroatoms. The van der Waals surface area contributed by atoms with Crippen LogP contribution in [-0.2, 0) is 4.74 Å². The minimum atomic E-state index is -0.481. The summed E-state index contributed by atoms with van der Waals surface area (Å²) in [5.41, 5.74) is 1.04. The molecule has 15 heavy (non-hydrogen) atoms. The van der Waals surface area contributed by atoms with Gasteiger partial charge in [0, 0.05) is 15.3 Å². The number of carbonyl (C=O) groups is 1. The molecule has 0 radical (unpaired) electrons. The zero-order valence-corrected chi connectivity index (χ0v) is 9.93. The summed E-state index contributed by atoms with van der Waals surface area (Å²) in [6.07, 6.45) is 2.86. The maximum absolute atomic E-state index is 11.4. The van der Waals surface area contributed by atoms with Crippen molar-refractivity contribution in [3.63, 3.8) is 0 Å². The number of halogens is 1. The summed E-state index contributed by atoms with van der Waals surface area (Å²) in [5.74, 6) is -0.0580. The molecule has 5 nitrogen and oxygen atoms in total. The van der Waals surface area contributed by atoms with Gasteiger partial charge in [0.2, 0.25) is 0 Å². The molecule has 0 fully saturated rings. The molecule has 0 spiro atoms. The van der Waals surface area contributed by atoms with Crippen molar-refractivity contribution in [1.82, 2.24) is 9.71 Å². The SMILES string of the molecule is COC(=O)c1cn(O)c2nccc-2c1I. The van der Waals surface area contributed by atoms with Crippen LogP contribution in [0.5, 0.6) is 0 Å². The smallest absolute Gasteiger partial charge is 0.340 e. The highest BCUT2D eigenvalue weighted by molar-refractivity contribution is 14.1. The minimum Gasteiger partial charge on any atom is -0.465 e. The van der Waals surface area contributed by atoms with Gasteiger partial charge in [0.25, 0.3) is 0 Å². The lowest BCUT2D eigenvalue weighted by atomic mass is 10.2. The van der Waals surface area contributed by atoms with E-state index < -0.39 is 5.97 Å². The van der Waals surface area contributed by atoms with Gasteiger partial charge in [-0.1, -0.05) is 0 Å². The zero-order chi connectivity index (χ0) is 11.0. The van der Waals surface area contributed by atoms with Gasteiger partial charge in [-0.15, -0.1) is 0 Å². The van der Waals surface area contributed by atoms with Gasteiger partial charge in [0.15, 0.2) is 5.82 Å². The molecular weight excluding hydrogens is 311 g/mol. The Morgan fingerprint density at radius 2 is 2.40 bits per heavy atom. The molecule has 78 valence electrons. The highest BCUT2D eigenvalue weighted by atomic mass is 127. The monoisotopic (exact) mass is 318 g/mol. The molecule has 0 saturated carbocycles. The third-order valence-electron chi connectivity index (χ3n) is 2.03. The quantitative estimate of drug-likeness (QED) is 0.493. The molecule has 0 aromatic carbocycles. The van der Waals surface area contributed by atoms with Crippen molar-refractivity contribution in [2.45, 2.75) is 0 Å². The second kappa shape index (κ2) is 3.69. The molecule has 0 aromatic heterocycles. The lowest BCUT2D eigenvalue weighted by Gasteiger charge is -2.10. The Labute approximate surface area is 99.1 Å². The van der Waals surface area contributed by atoms with Crippen LogP contribution in [0, 0.1) is 3.57 Å². The summed E-state index contributed by atoms with van der Waals surface area (Å²) < 4.78 is 6.15. The van der Waals surface area contributed by atoms with Crippen molar-refractivity contribution in [1.29, 1.82) is 0 Å². The molecule has 0 bridgehead atoms. The average molecular weight is 318 g/mol. The fraction of sp³-hybridized carbons (Fsp3) is 0.111. The maximum atomic E-state index is 11.4. The largest absolute Gasteiger partial charge is 0.465 e. The fourth-order valence-corrected chi connectivity index (χ4v) is 2.10. The molecule has 2 aliphatic rings. The Balaban J connectivity index is 2.71. The lowest BCUT2D eigenvalue weighted by molar-refractivity contribution is 0.0594. The van der Waals surface area contributed by atoms with Crippen LogP contribution in [-0.4, -0.2) is 28.0 Å². The molecule has 0 aromatic rings. The molecule has 0 atom stereocenters. The van der Waals surface area contributed by atoms with Crippen LogP contribution >= 0.6 is 22.6 Å². The molecule has 0 unspecified atom stereocenters. The Bertz CT molecular complexity index is 495. The highest BCUT2D eigenvalue weighted by Gasteiger charge is 2.20. The first-order chi connectivity index (χ1) is 7.15. The van der Waals surface area contributed by atoms with E-state index in [2.05, 4.69) is 9.72 Å². The number of carbonyl (C=O) groups excluding carboxylic acids is 1. The number of hydrogen-bond donors (Lipinski definition) is 1. The lowest BCUT2D eigenvalue weighted by Crippen LogP contribution is -2.10. The summed E-state index contributed by atoms with van der Waals surface area (Å²) >= 11 is 2.03. The summed E-state index contributed by atoms with van der Waals surface area (Å²) in [4.78, 5) is 15.3. The van der Waals surface area contributed by atoms with Crippen molar-refractivity contribution >= 4 is 28.6 Å². The molecule has 0 aliphatic carbocycles. The summed E-state index contributed by atoms with van der Waals surface area (Å²) in [6.45, 7) is 0. The van der Waals surface area contributed by atoms with E-state index in [1.165, 1.54) is 13.3 Å². The Morgan fingerprint density at radius 3 is 3.07 bits per heavy atom. The van der Waals surface area contributed by atoms with Crippen LogP contribution < -0.4 is 0 Å². The number of fused-ring (bicyclic) bond motifs is 1. The summed E-state index contributed by atoms with van der Waals surface area (Å²) in [5, 5.41) is 9.55. The summed E-state index contributed by atoms with van der Waals surface area (Å²) in [7, 11) is 1.30. The van der Waals surface area contributed by atoms with Gasteiger partial charge >= 0.3 is 5.97 Å². The van der Waals surface area contributed by atoms with Gasteiger partial charge in [-0.3, -0.25) is 0 Å². The van der Waals surface area contributed by atoms with Gasteiger partial charge in [-0.25, -0.2) is 9.78 Å². The Kier molecular flexibility index (Phi) is 2.51. The van der Waals surface area contributed by atoms with E-state index in [1.54, 1.807) is 12.3 Å². The van der Waals surface area contributed by atoms with Gasteiger partial charge in [0.05, 0.1) is 18.9 Å². The van der Waals surface area contributed by atoms with E-state index in [-0.39, 0.29) is 0 Å². The van der Waals surface area contributed by atoms with Gasteiger partial charge in [-0.2, -0.15) is 4.73 Å². The third kappa shape index (κ3) is 1.54. The number of nitrogens with zero attached hydrogens (tertiary/aromatic N) is 2. The first-order valence-corrected chi connectivity index (χ1v) is 5.16. The molecule has 0 saturated heterocycles. The van der Waals surface area contributed by atoms with Crippen LogP contribution in [0.1, 0.15) is 10.4 Å². The van der Waals surface area contributed by atoms with E-state index in [1.807, 2.05) is 22.6 Å². The number of esters is 1. The number of methoxy groups -OCH3 is 1. The van der Waals surface area contributed by atoms with E-state index >= 15 is 0 Å². The van der Waals surface area contributed by atoms with E-state index in [9.17, 15) is 10.0 Å². The molecule has 2 rings (SSSR count). The predicted molar refractivity (Wildman–Crippen MR) is 60.1 cm³/mol. The van der Waals surface area contributed by atoms with Crippen molar-refractivity contribution in [2.24, 2.45) is 0 Å². The fourth-order valence-electron chi connectivity index (χ4n) is 1.32. The van der Waals surface area contributed by atoms with Crippen LogP contribution in [0.2, 0.25) is 0 Å². The molecule has 2 heterocycles. The normalized spacial score (nSPS) is 10.5. The number of pyridine rings is 1. The third-order valence-corrected chi connectivity index (χ3v) is 3.19. The van der Waals surface area contributed by atoms with Crippen molar-refractivity contribution in [2.75, 3.05) is 7.11 Å². The Morgan fingerprint density at radius 1 is 1.67 bits per heavy atom. The maximum Gasteiger partial charge on any atom is 0.340 e. The van der Waals surface area contributed by atoms with Gasteiger partial charge in [-0.05, 0) is 28.7 Å². The van der Waals surface area contributed by atoms with Crippen molar-refractivity contribution in [3.8, 4) is 11.4 Å². The number of hydrogen-bond acceptors (Lipinski definition) is 4. The predicted octanol–water partition coefficient (Wildman–Crippen LogP) is 1.62. The van der Waals surface area contributed by atoms with E-state index in [0.717, 1.165) is 13.9 Å². The van der Waals surface area contributed by atoms with Crippen molar-refractivity contribution < 1.29 is 14.7 Å². The zero-order valence-electron chi connectivity index (χ0n) is 7.77. The molecule has 0 amide bonds. The van der Waals surface area contributed by atoms with Crippen molar-refractivity contribution in [3.05, 3.63) is 27.6 Å².